The lowest BCUT2D eigenvalue weighted by Gasteiger charge is -2.13. The summed E-state index contributed by atoms with van der Waals surface area (Å²) in [5.74, 6) is 2.30. The van der Waals surface area contributed by atoms with Crippen molar-refractivity contribution in [1.29, 1.82) is 0 Å². The zero-order valence-electron chi connectivity index (χ0n) is 15.5. The van der Waals surface area contributed by atoms with Gasteiger partial charge in [-0.15, -0.1) is 0 Å². The molecule has 1 rings (SSSR count). The number of nitrogens with one attached hydrogen (secondary N) is 2. The van der Waals surface area contributed by atoms with Crippen LogP contribution in [0.4, 0.5) is 0 Å². The summed E-state index contributed by atoms with van der Waals surface area (Å²) in [5, 5.41) is 6.59. The third-order valence-corrected chi connectivity index (χ3v) is 3.44. The van der Waals surface area contributed by atoms with Crippen LogP contribution in [0.25, 0.3) is 0 Å². The molecule has 0 aliphatic carbocycles. The van der Waals surface area contributed by atoms with E-state index in [9.17, 15) is 0 Å². The summed E-state index contributed by atoms with van der Waals surface area (Å²) in [6.45, 7) is 6.47. The Labute approximate surface area is 145 Å². The predicted molar refractivity (Wildman–Crippen MR) is 98.3 cm³/mol. The molecule has 24 heavy (non-hydrogen) atoms. The molecule has 0 bridgehead atoms. The maximum Gasteiger partial charge on any atom is 0.190 e. The van der Waals surface area contributed by atoms with Crippen LogP contribution in [-0.2, 0) is 11.2 Å². The van der Waals surface area contributed by atoms with E-state index in [2.05, 4.69) is 15.6 Å². The molecule has 0 heterocycles. The van der Waals surface area contributed by atoms with E-state index in [1.807, 2.05) is 32.0 Å². The maximum absolute atomic E-state index is 5.51. The number of rotatable bonds is 10. The zero-order valence-corrected chi connectivity index (χ0v) is 15.5. The summed E-state index contributed by atoms with van der Waals surface area (Å²) in [6, 6.07) is 5.97. The molecule has 0 aliphatic heterocycles. The SMILES string of the molecule is CN=C(NCCCOC(C)C)NCCc1ccc(OC)c(OC)c1. The van der Waals surface area contributed by atoms with E-state index in [-0.39, 0.29) is 6.10 Å². The largest absolute Gasteiger partial charge is 0.493 e. The van der Waals surface area contributed by atoms with Crippen LogP contribution in [-0.4, -0.2) is 53.0 Å². The number of aliphatic imine (C=N–C) groups is 1. The van der Waals surface area contributed by atoms with E-state index < -0.39 is 0 Å². The highest BCUT2D eigenvalue weighted by Gasteiger charge is 2.05. The highest BCUT2D eigenvalue weighted by Crippen LogP contribution is 2.27. The lowest BCUT2D eigenvalue weighted by molar-refractivity contribution is 0.0776. The first-order chi connectivity index (χ1) is 11.6. The molecule has 0 unspecified atom stereocenters. The zero-order chi connectivity index (χ0) is 17.8. The third kappa shape index (κ3) is 7.55. The van der Waals surface area contributed by atoms with Gasteiger partial charge in [0.25, 0.3) is 0 Å². The minimum Gasteiger partial charge on any atom is -0.493 e. The Morgan fingerprint density at radius 3 is 2.42 bits per heavy atom. The van der Waals surface area contributed by atoms with Crippen LogP contribution in [0.5, 0.6) is 11.5 Å². The molecule has 136 valence electrons. The second-order valence-electron chi connectivity index (χ2n) is 5.64. The molecular formula is C18H31N3O3. The first-order valence-electron chi connectivity index (χ1n) is 8.37. The van der Waals surface area contributed by atoms with Crippen LogP contribution >= 0.6 is 0 Å². The molecule has 0 radical (unpaired) electrons. The number of nitrogens with zero attached hydrogens (tertiary/aromatic N) is 1. The molecule has 0 aliphatic rings. The first kappa shape index (κ1) is 20.1. The molecule has 0 aromatic heterocycles. The number of hydrogen-bond donors (Lipinski definition) is 2. The van der Waals surface area contributed by atoms with E-state index in [4.69, 9.17) is 14.2 Å². The summed E-state index contributed by atoms with van der Waals surface area (Å²) in [5.41, 5.74) is 1.18. The number of ether oxygens (including phenoxy) is 3. The Balaban J connectivity index is 2.31. The van der Waals surface area contributed by atoms with Gasteiger partial charge in [0, 0.05) is 26.7 Å². The third-order valence-electron chi connectivity index (χ3n) is 3.44. The van der Waals surface area contributed by atoms with Crippen molar-refractivity contribution in [3.8, 4) is 11.5 Å². The maximum atomic E-state index is 5.51. The van der Waals surface area contributed by atoms with Crippen molar-refractivity contribution in [2.45, 2.75) is 32.8 Å². The fraction of sp³-hybridized carbons (Fsp3) is 0.611. The second-order valence-corrected chi connectivity index (χ2v) is 5.64. The van der Waals surface area contributed by atoms with Crippen molar-refractivity contribution in [1.82, 2.24) is 10.6 Å². The van der Waals surface area contributed by atoms with Gasteiger partial charge in [0.2, 0.25) is 0 Å². The summed E-state index contributed by atoms with van der Waals surface area (Å²) >= 11 is 0. The number of guanidine groups is 1. The van der Waals surface area contributed by atoms with Crippen molar-refractivity contribution < 1.29 is 14.2 Å². The van der Waals surface area contributed by atoms with Crippen LogP contribution in [0.2, 0.25) is 0 Å². The van der Waals surface area contributed by atoms with E-state index in [1.165, 1.54) is 5.56 Å². The fourth-order valence-electron chi connectivity index (χ4n) is 2.18. The highest BCUT2D eigenvalue weighted by molar-refractivity contribution is 5.79. The van der Waals surface area contributed by atoms with Gasteiger partial charge in [0.1, 0.15) is 0 Å². The number of methoxy groups -OCH3 is 2. The molecule has 2 N–H and O–H groups in total. The van der Waals surface area contributed by atoms with Crippen LogP contribution in [0, 0.1) is 0 Å². The van der Waals surface area contributed by atoms with Crippen molar-refractivity contribution in [3.05, 3.63) is 23.8 Å². The number of benzene rings is 1. The first-order valence-corrected chi connectivity index (χ1v) is 8.37. The predicted octanol–water partition coefficient (Wildman–Crippen LogP) is 2.23. The molecule has 0 spiro atoms. The monoisotopic (exact) mass is 337 g/mol. The average molecular weight is 337 g/mol. The number of hydrogen-bond acceptors (Lipinski definition) is 4. The van der Waals surface area contributed by atoms with Gasteiger partial charge in [0.15, 0.2) is 17.5 Å². The summed E-state index contributed by atoms with van der Waals surface area (Å²) in [4.78, 5) is 4.22. The van der Waals surface area contributed by atoms with Crippen molar-refractivity contribution >= 4 is 5.96 Å². The molecule has 0 atom stereocenters. The van der Waals surface area contributed by atoms with Gasteiger partial charge < -0.3 is 24.8 Å². The minimum atomic E-state index is 0.281. The molecular weight excluding hydrogens is 306 g/mol. The van der Waals surface area contributed by atoms with Gasteiger partial charge in [-0.2, -0.15) is 0 Å². The lowest BCUT2D eigenvalue weighted by atomic mass is 10.1. The van der Waals surface area contributed by atoms with Gasteiger partial charge in [-0.05, 0) is 44.4 Å². The van der Waals surface area contributed by atoms with E-state index in [1.54, 1.807) is 21.3 Å². The van der Waals surface area contributed by atoms with Crippen molar-refractivity contribution in [2.24, 2.45) is 4.99 Å². The van der Waals surface area contributed by atoms with Gasteiger partial charge in [-0.25, -0.2) is 0 Å². The second kappa shape index (κ2) is 11.6. The lowest BCUT2D eigenvalue weighted by Crippen LogP contribution is -2.39. The van der Waals surface area contributed by atoms with Crippen LogP contribution in [0.3, 0.4) is 0 Å². The van der Waals surface area contributed by atoms with Gasteiger partial charge >= 0.3 is 0 Å². The minimum absolute atomic E-state index is 0.281. The van der Waals surface area contributed by atoms with Crippen LogP contribution in [0.15, 0.2) is 23.2 Å². The molecule has 1 aromatic rings. The molecule has 6 nitrogen and oxygen atoms in total. The fourth-order valence-corrected chi connectivity index (χ4v) is 2.18. The van der Waals surface area contributed by atoms with E-state index >= 15 is 0 Å². The Bertz CT molecular complexity index is 504. The summed E-state index contributed by atoms with van der Waals surface area (Å²) < 4.78 is 16.1. The van der Waals surface area contributed by atoms with Gasteiger partial charge in [0.05, 0.1) is 20.3 Å². The van der Waals surface area contributed by atoms with Crippen LogP contribution in [0.1, 0.15) is 25.8 Å². The summed E-state index contributed by atoms with van der Waals surface area (Å²) in [6.07, 6.45) is 2.11. The van der Waals surface area contributed by atoms with Crippen molar-refractivity contribution in [2.75, 3.05) is 41.0 Å². The molecule has 1 aromatic carbocycles. The normalized spacial score (nSPS) is 11.5. The Hall–Kier alpha value is -1.95. The average Bonchev–Trinajstić information content (AvgIpc) is 2.59. The highest BCUT2D eigenvalue weighted by atomic mass is 16.5. The Morgan fingerprint density at radius 1 is 1.08 bits per heavy atom. The molecule has 0 amide bonds. The molecule has 6 heteroatoms. The van der Waals surface area contributed by atoms with E-state index in [0.29, 0.717) is 0 Å². The quantitative estimate of drug-likeness (QED) is 0.389. The van der Waals surface area contributed by atoms with Crippen LogP contribution < -0.4 is 20.1 Å². The van der Waals surface area contributed by atoms with Crippen molar-refractivity contribution in [3.63, 3.8) is 0 Å². The molecule has 0 saturated heterocycles. The van der Waals surface area contributed by atoms with Gasteiger partial charge in [-0.3, -0.25) is 4.99 Å². The molecule has 0 saturated carbocycles. The van der Waals surface area contributed by atoms with Gasteiger partial charge in [-0.1, -0.05) is 6.07 Å². The standard InChI is InChI=1S/C18H31N3O3/c1-14(2)24-12-6-10-20-18(19-3)21-11-9-15-7-8-16(22-4)17(13-15)23-5/h7-8,13-14H,6,9-12H2,1-5H3,(H2,19,20,21). The Morgan fingerprint density at radius 2 is 1.79 bits per heavy atom. The summed E-state index contributed by atoms with van der Waals surface area (Å²) in [7, 11) is 5.06. The Kier molecular flexibility index (Phi) is 9.68. The smallest absolute Gasteiger partial charge is 0.190 e. The molecule has 0 fully saturated rings. The topological polar surface area (TPSA) is 64.1 Å². The van der Waals surface area contributed by atoms with E-state index in [0.717, 1.165) is 50.0 Å².